The number of nitrogens with one attached hydrogen (secondary N) is 1. The van der Waals surface area contributed by atoms with Gasteiger partial charge in [-0.3, -0.25) is 19.5 Å². The number of fused-ring (bicyclic) bond motifs is 1. The first kappa shape index (κ1) is 16.7. The van der Waals surface area contributed by atoms with E-state index < -0.39 is 16.6 Å². The Morgan fingerprint density at radius 1 is 1.28 bits per heavy atom. The molecule has 3 rings (SSSR count). The Morgan fingerprint density at radius 3 is 2.80 bits per heavy atom. The number of benzene rings is 2. The van der Waals surface area contributed by atoms with Gasteiger partial charge in [-0.15, -0.1) is 0 Å². The Morgan fingerprint density at radius 2 is 2.08 bits per heavy atom. The van der Waals surface area contributed by atoms with Crippen molar-refractivity contribution in [1.82, 2.24) is 9.88 Å². The van der Waals surface area contributed by atoms with Gasteiger partial charge in [-0.1, -0.05) is 23.7 Å². The highest BCUT2D eigenvalue weighted by Gasteiger charge is 2.16. The van der Waals surface area contributed by atoms with Gasteiger partial charge in [-0.05, 0) is 23.8 Å². The van der Waals surface area contributed by atoms with Crippen molar-refractivity contribution in [3.8, 4) is 0 Å². The number of carbonyl (C=O) groups is 1. The van der Waals surface area contributed by atoms with Crippen LogP contribution in [0, 0.1) is 10.1 Å². The van der Waals surface area contributed by atoms with Gasteiger partial charge in [0.25, 0.3) is 5.69 Å². The second-order valence-corrected chi connectivity index (χ2v) is 5.71. The van der Waals surface area contributed by atoms with Gasteiger partial charge in [0.05, 0.1) is 16.5 Å². The lowest BCUT2D eigenvalue weighted by Crippen LogP contribution is -2.30. The normalized spacial score (nSPS) is 10.8. The van der Waals surface area contributed by atoms with Gasteiger partial charge >= 0.3 is 5.76 Å². The summed E-state index contributed by atoms with van der Waals surface area (Å²) in [6.45, 7) is -0.000387. The number of amides is 1. The molecule has 0 aliphatic carbocycles. The van der Waals surface area contributed by atoms with Crippen molar-refractivity contribution in [3.05, 3.63) is 73.7 Å². The molecule has 0 fully saturated rings. The number of halogens is 1. The Labute approximate surface area is 145 Å². The van der Waals surface area contributed by atoms with Crippen LogP contribution in [0.3, 0.4) is 0 Å². The highest BCUT2D eigenvalue weighted by atomic mass is 35.5. The second-order valence-electron chi connectivity index (χ2n) is 5.27. The average molecular weight is 362 g/mol. The van der Waals surface area contributed by atoms with E-state index in [1.807, 2.05) is 6.07 Å². The molecule has 0 radical (unpaired) electrons. The summed E-state index contributed by atoms with van der Waals surface area (Å²) in [5, 5.41) is 14.0. The minimum absolute atomic E-state index is 0.0573. The van der Waals surface area contributed by atoms with Crippen LogP contribution in [-0.4, -0.2) is 15.4 Å². The molecule has 0 atom stereocenters. The van der Waals surface area contributed by atoms with Gasteiger partial charge in [0.15, 0.2) is 5.58 Å². The Bertz CT molecular complexity index is 1020. The van der Waals surface area contributed by atoms with E-state index in [4.69, 9.17) is 16.0 Å². The van der Waals surface area contributed by atoms with E-state index in [9.17, 15) is 19.7 Å². The van der Waals surface area contributed by atoms with Crippen LogP contribution in [0.25, 0.3) is 11.1 Å². The quantitative estimate of drug-likeness (QED) is 0.554. The van der Waals surface area contributed by atoms with Gasteiger partial charge in [0.1, 0.15) is 6.54 Å². The molecule has 0 unspecified atom stereocenters. The van der Waals surface area contributed by atoms with Gasteiger partial charge in [-0.25, -0.2) is 4.79 Å². The van der Waals surface area contributed by atoms with Gasteiger partial charge in [0, 0.05) is 17.6 Å². The molecule has 0 saturated heterocycles. The van der Waals surface area contributed by atoms with Gasteiger partial charge in [-0.2, -0.15) is 0 Å². The Kier molecular flexibility index (Phi) is 4.53. The smallest absolute Gasteiger partial charge is 0.407 e. The highest BCUT2D eigenvalue weighted by molar-refractivity contribution is 6.30. The Hall–Kier alpha value is -3.13. The molecule has 1 N–H and O–H groups in total. The third-order valence-corrected chi connectivity index (χ3v) is 3.78. The zero-order valence-corrected chi connectivity index (χ0v) is 13.5. The largest absolute Gasteiger partial charge is 0.420 e. The van der Waals surface area contributed by atoms with Crippen molar-refractivity contribution in [2.75, 3.05) is 0 Å². The molecule has 1 heterocycles. The summed E-state index contributed by atoms with van der Waals surface area (Å²) in [4.78, 5) is 34.2. The number of oxazole rings is 1. The van der Waals surface area contributed by atoms with Crippen LogP contribution in [-0.2, 0) is 17.9 Å². The predicted molar refractivity (Wildman–Crippen MR) is 90.4 cm³/mol. The molecule has 0 aliphatic rings. The molecule has 9 heteroatoms. The molecule has 25 heavy (non-hydrogen) atoms. The lowest BCUT2D eigenvalue weighted by atomic mass is 10.2. The number of non-ortho nitro benzene ring substituents is 1. The van der Waals surface area contributed by atoms with Crippen molar-refractivity contribution >= 4 is 34.3 Å². The second kappa shape index (κ2) is 6.78. The lowest BCUT2D eigenvalue weighted by molar-refractivity contribution is -0.384. The van der Waals surface area contributed by atoms with Crippen LogP contribution in [0.4, 0.5) is 5.69 Å². The van der Waals surface area contributed by atoms with E-state index in [0.29, 0.717) is 10.5 Å². The van der Waals surface area contributed by atoms with Crippen molar-refractivity contribution in [3.63, 3.8) is 0 Å². The fourth-order valence-electron chi connectivity index (χ4n) is 2.37. The molecule has 3 aromatic rings. The molecule has 0 spiro atoms. The first-order valence-electron chi connectivity index (χ1n) is 7.23. The molecule has 8 nitrogen and oxygen atoms in total. The topological polar surface area (TPSA) is 107 Å². The third kappa shape index (κ3) is 3.69. The van der Waals surface area contributed by atoms with Gasteiger partial charge < -0.3 is 9.73 Å². The van der Waals surface area contributed by atoms with Crippen LogP contribution in [0.2, 0.25) is 5.02 Å². The van der Waals surface area contributed by atoms with Crippen LogP contribution >= 0.6 is 11.6 Å². The molecular weight excluding hydrogens is 350 g/mol. The summed E-state index contributed by atoms with van der Waals surface area (Å²) < 4.78 is 6.09. The minimum atomic E-state index is -0.756. The predicted octanol–water partition coefficient (Wildman–Crippen LogP) is 2.47. The van der Waals surface area contributed by atoms with Crippen molar-refractivity contribution in [1.29, 1.82) is 0 Å². The standard InChI is InChI=1S/C16H12ClN3O5/c17-11-3-1-2-10(6-11)8-18-15(21)9-19-13-5-4-12(20(23)24)7-14(13)25-16(19)22/h1-7H,8-9H2,(H,18,21). The zero-order chi connectivity index (χ0) is 18.0. The summed E-state index contributed by atoms with van der Waals surface area (Å²) in [5.74, 6) is -1.16. The number of hydrogen-bond donors (Lipinski definition) is 1. The van der Waals surface area contributed by atoms with E-state index in [0.717, 1.165) is 16.2 Å². The highest BCUT2D eigenvalue weighted by Crippen LogP contribution is 2.20. The van der Waals surface area contributed by atoms with E-state index in [1.165, 1.54) is 12.1 Å². The summed E-state index contributed by atoms with van der Waals surface area (Å²) in [7, 11) is 0. The minimum Gasteiger partial charge on any atom is -0.407 e. The fraction of sp³-hybridized carbons (Fsp3) is 0.125. The van der Waals surface area contributed by atoms with Crippen LogP contribution in [0.15, 0.2) is 51.7 Å². The number of nitrogens with zero attached hydrogens (tertiary/aromatic N) is 2. The first-order valence-corrected chi connectivity index (χ1v) is 7.61. The van der Waals surface area contributed by atoms with Crippen molar-refractivity contribution < 1.29 is 14.1 Å². The monoisotopic (exact) mass is 361 g/mol. The van der Waals surface area contributed by atoms with Crippen molar-refractivity contribution in [2.45, 2.75) is 13.1 Å². The maximum absolute atomic E-state index is 12.1. The number of aromatic nitrogens is 1. The maximum Gasteiger partial charge on any atom is 0.420 e. The van der Waals surface area contributed by atoms with E-state index in [1.54, 1.807) is 18.2 Å². The average Bonchev–Trinajstić information content (AvgIpc) is 2.88. The summed E-state index contributed by atoms with van der Waals surface area (Å²) in [6.07, 6.45) is 0. The van der Waals surface area contributed by atoms with E-state index in [2.05, 4.69) is 5.32 Å². The molecule has 0 aliphatic heterocycles. The lowest BCUT2D eigenvalue weighted by Gasteiger charge is -2.06. The molecule has 0 bridgehead atoms. The number of carbonyl (C=O) groups excluding carboxylic acids is 1. The molecular formula is C16H12ClN3O5. The molecule has 1 amide bonds. The van der Waals surface area contributed by atoms with Gasteiger partial charge in [0.2, 0.25) is 5.91 Å². The summed E-state index contributed by atoms with van der Waals surface area (Å²) in [5.41, 5.74) is 0.995. The van der Waals surface area contributed by atoms with Crippen LogP contribution in [0.1, 0.15) is 5.56 Å². The first-order chi connectivity index (χ1) is 11.9. The number of nitro benzene ring substituents is 1. The SMILES string of the molecule is O=C(Cn1c(=O)oc2cc([N+](=O)[O-])ccc21)NCc1cccc(Cl)c1. The van der Waals surface area contributed by atoms with E-state index >= 15 is 0 Å². The third-order valence-electron chi connectivity index (χ3n) is 3.54. The van der Waals surface area contributed by atoms with E-state index in [-0.39, 0.29) is 24.4 Å². The fourth-order valence-corrected chi connectivity index (χ4v) is 2.58. The summed E-state index contributed by atoms with van der Waals surface area (Å²) >= 11 is 5.88. The molecule has 128 valence electrons. The molecule has 2 aromatic carbocycles. The van der Waals surface area contributed by atoms with Crippen LogP contribution in [0.5, 0.6) is 0 Å². The van der Waals surface area contributed by atoms with Crippen molar-refractivity contribution in [2.24, 2.45) is 0 Å². The summed E-state index contributed by atoms with van der Waals surface area (Å²) in [6, 6.07) is 10.8. The van der Waals surface area contributed by atoms with Crippen LogP contribution < -0.4 is 11.1 Å². The molecule has 1 aromatic heterocycles. The Balaban J connectivity index is 1.76. The maximum atomic E-state index is 12.1. The molecule has 0 saturated carbocycles. The zero-order valence-electron chi connectivity index (χ0n) is 12.8. The number of hydrogen-bond acceptors (Lipinski definition) is 5. The number of nitro groups is 1. The number of rotatable bonds is 5.